The van der Waals surface area contributed by atoms with Gasteiger partial charge < -0.3 is 10.1 Å². The molecule has 1 aliphatic heterocycles. The number of hydrogen-bond donors (Lipinski definition) is 1. The van der Waals surface area contributed by atoms with Crippen molar-refractivity contribution in [1.82, 2.24) is 10.3 Å². The van der Waals surface area contributed by atoms with Crippen molar-refractivity contribution in [2.75, 3.05) is 13.7 Å². The fourth-order valence-corrected chi connectivity index (χ4v) is 3.38. The van der Waals surface area contributed by atoms with Crippen LogP contribution in [0.4, 0.5) is 0 Å². The third-order valence-corrected chi connectivity index (χ3v) is 4.42. The molecule has 2 heterocycles. The van der Waals surface area contributed by atoms with Gasteiger partial charge in [-0.1, -0.05) is 0 Å². The van der Waals surface area contributed by atoms with Gasteiger partial charge in [-0.2, -0.15) is 0 Å². The third kappa shape index (κ3) is 1.17. The molecular formula is C14H12N2O3. The zero-order chi connectivity index (χ0) is 13.2. The Hall–Kier alpha value is -2.17. The number of nitrogens with one attached hydrogen (secondary N) is 1. The lowest BCUT2D eigenvalue weighted by Gasteiger charge is -2.23. The number of piperidine rings is 1. The van der Waals surface area contributed by atoms with E-state index in [1.807, 2.05) is 0 Å². The van der Waals surface area contributed by atoms with Crippen LogP contribution in [0.25, 0.3) is 0 Å². The van der Waals surface area contributed by atoms with Crippen molar-refractivity contribution in [2.24, 2.45) is 5.92 Å². The molecule has 1 aromatic rings. The Labute approximate surface area is 109 Å². The van der Waals surface area contributed by atoms with E-state index in [4.69, 9.17) is 4.74 Å². The molecule has 96 valence electrons. The molecule has 0 bridgehead atoms. The van der Waals surface area contributed by atoms with Crippen molar-refractivity contribution in [1.29, 1.82) is 0 Å². The van der Waals surface area contributed by atoms with Gasteiger partial charge in [0.2, 0.25) is 5.78 Å². The highest BCUT2D eigenvalue weighted by Crippen LogP contribution is 2.63. The second-order valence-electron chi connectivity index (χ2n) is 5.29. The maximum Gasteiger partial charge on any atom is 0.339 e. The highest BCUT2D eigenvalue weighted by Gasteiger charge is 2.64. The summed E-state index contributed by atoms with van der Waals surface area (Å²) in [6.45, 7) is 0.890. The number of carbonyl (C=O) groups is 2. The molecule has 0 aromatic carbocycles. The third-order valence-electron chi connectivity index (χ3n) is 4.42. The van der Waals surface area contributed by atoms with Crippen molar-refractivity contribution in [3.63, 3.8) is 0 Å². The van der Waals surface area contributed by atoms with Crippen LogP contribution in [-0.4, -0.2) is 30.4 Å². The number of nitrogens with zero attached hydrogens (tertiary/aromatic N) is 1. The molecule has 0 unspecified atom stereocenters. The smallest absolute Gasteiger partial charge is 0.339 e. The van der Waals surface area contributed by atoms with E-state index < -0.39 is 5.97 Å². The SMILES string of the molecule is COC(=O)c1cnc2c(c1)[C@]13C[C@H]1CNC3=CC2=O. The Morgan fingerprint density at radius 2 is 2.42 bits per heavy atom. The molecule has 0 radical (unpaired) electrons. The summed E-state index contributed by atoms with van der Waals surface area (Å²) in [6.07, 6.45) is 4.09. The maximum atomic E-state index is 12.0. The molecule has 2 aliphatic carbocycles. The number of ether oxygens (including phenoxy) is 1. The monoisotopic (exact) mass is 256 g/mol. The van der Waals surface area contributed by atoms with E-state index in [0.717, 1.165) is 24.2 Å². The minimum Gasteiger partial charge on any atom is -0.465 e. The number of methoxy groups -OCH3 is 1. The van der Waals surface area contributed by atoms with Crippen LogP contribution in [0, 0.1) is 5.92 Å². The number of ketones is 1. The van der Waals surface area contributed by atoms with Gasteiger partial charge >= 0.3 is 5.97 Å². The molecule has 1 aromatic heterocycles. The van der Waals surface area contributed by atoms with Gasteiger partial charge in [-0.15, -0.1) is 0 Å². The summed E-state index contributed by atoms with van der Waals surface area (Å²) in [4.78, 5) is 27.8. The topological polar surface area (TPSA) is 68.3 Å². The first kappa shape index (κ1) is 10.7. The van der Waals surface area contributed by atoms with E-state index in [2.05, 4.69) is 10.3 Å². The molecule has 1 saturated carbocycles. The molecule has 3 aliphatic rings. The molecule has 5 nitrogen and oxygen atoms in total. The van der Waals surface area contributed by atoms with Crippen molar-refractivity contribution >= 4 is 11.8 Å². The van der Waals surface area contributed by atoms with E-state index in [9.17, 15) is 9.59 Å². The Morgan fingerprint density at radius 3 is 3.16 bits per heavy atom. The standard InChI is InChI=1S/C14H12N2O3/c1-19-13(18)7-2-9-12(16-5-7)10(17)3-11-14(9)4-8(14)6-15-11/h2-3,5,8,15H,4,6H2,1H3/t8-,14-/m0/s1. The van der Waals surface area contributed by atoms with Crippen LogP contribution in [0.15, 0.2) is 24.0 Å². The first-order chi connectivity index (χ1) is 9.16. The van der Waals surface area contributed by atoms with E-state index >= 15 is 0 Å². The predicted octanol–water partition coefficient (Wildman–Crippen LogP) is 0.809. The molecule has 1 spiro atoms. The first-order valence-corrected chi connectivity index (χ1v) is 6.26. The number of aromatic nitrogens is 1. The predicted molar refractivity (Wildman–Crippen MR) is 65.8 cm³/mol. The van der Waals surface area contributed by atoms with E-state index in [1.165, 1.54) is 13.3 Å². The van der Waals surface area contributed by atoms with Crippen molar-refractivity contribution in [2.45, 2.75) is 11.8 Å². The fourth-order valence-electron chi connectivity index (χ4n) is 3.38. The van der Waals surface area contributed by atoms with Crippen molar-refractivity contribution < 1.29 is 14.3 Å². The summed E-state index contributed by atoms with van der Waals surface area (Å²) in [6, 6.07) is 1.77. The minimum atomic E-state index is -0.418. The molecule has 19 heavy (non-hydrogen) atoms. The second kappa shape index (κ2) is 3.23. The normalized spacial score (nSPS) is 29.6. The van der Waals surface area contributed by atoms with E-state index in [-0.39, 0.29) is 11.2 Å². The van der Waals surface area contributed by atoms with Gasteiger partial charge in [0.05, 0.1) is 12.7 Å². The Balaban J connectivity index is 1.92. The van der Waals surface area contributed by atoms with Crippen LogP contribution >= 0.6 is 0 Å². The Morgan fingerprint density at radius 1 is 1.58 bits per heavy atom. The lowest BCUT2D eigenvalue weighted by atomic mass is 9.84. The molecule has 4 rings (SSSR count). The van der Waals surface area contributed by atoms with Crippen LogP contribution in [0.2, 0.25) is 0 Å². The second-order valence-corrected chi connectivity index (χ2v) is 5.29. The number of allylic oxidation sites excluding steroid dienone is 2. The molecule has 2 atom stereocenters. The minimum absolute atomic E-state index is 0.0907. The summed E-state index contributed by atoms with van der Waals surface area (Å²) in [5, 5.41) is 3.28. The zero-order valence-corrected chi connectivity index (χ0v) is 10.4. The number of hydrogen-bond acceptors (Lipinski definition) is 5. The molecule has 1 N–H and O–H groups in total. The summed E-state index contributed by atoms with van der Waals surface area (Å²) in [7, 11) is 1.34. The highest BCUT2D eigenvalue weighted by molar-refractivity contribution is 6.07. The summed E-state index contributed by atoms with van der Waals surface area (Å²) >= 11 is 0. The highest BCUT2D eigenvalue weighted by atomic mass is 16.5. The van der Waals surface area contributed by atoms with Crippen LogP contribution in [0.5, 0.6) is 0 Å². The summed E-state index contributed by atoms with van der Waals surface area (Å²) < 4.78 is 4.72. The number of esters is 1. The van der Waals surface area contributed by atoms with Gasteiger partial charge in [0, 0.05) is 29.9 Å². The van der Waals surface area contributed by atoms with Crippen molar-refractivity contribution in [3.05, 3.63) is 40.9 Å². The molecule has 0 amide bonds. The van der Waals surface area contributed by atoms with Crippen LogP contribution < -0.4 is 5.32 Å². The van der Waals surface area contributed by atoms with Crippen LogP contribution in [-0.2, 0) is 10.2 Å². The molecule has 1 saturated heterocycles. The number of carbonyl (C=O) groups excluding carboxylic acids is 2. The first-order valence-electron chi connectivity index (χ1n) is 6.26. The molecular weight excluding hydrogens is 244 g/mol. The maximum absolute atomic E-state index is 12.0. The zero-order valence-electron chi connectivity index (χ0n) is 10.4. The number of pyridine rings is 1. The molecule has 5 heteroatoms. The van der Waals surface area contributed by atoms with Crippen molar-refractivity contribution in [3.8, 4) is 0 Å². The average Bonchev–Trinajstić information content (AvgIpc) is 3.06. The largest absolute Gasteiger partial charge is 0.465 e. The number of fused-ring (bicyclic) bond motifs is 1. The Kier molecular flexibility index (Phi) is 1.82. The quantitative estimate of drug-likeness (QED) is 0.753. The lowest BCUT2D eigenvalue weighted by Crippen LogP contribution is -2.26. The summed E-state index contributed by atoms with van der Waals surface area (Å²) in [5.74, 6) is 0.00537. The average molecular weight is 256 g/mol. The van der Waals surface area contributed by atoms with Gasteiger partial charge in [0.1, 0.15) is 5.69 Å². The van der Waals surface area contributed by atoms with Crippen LogP contribution in [0.1, 0.15) is 32.8 Å². The summed E-state index contributed by atoms with van der Waals surface area (Å²) in [5.41, 5.74) is 2.65. The van der Waals surface area contributed by atoms with Crippen LogP contribution in [0.3, 0.4) is 0 Å². The van der Waals surface area contributed by atoms with Gasteiger partial charge in [0.15, 0.2) is 0 Å². The van der Waals surface area contributed by atoms with E-state index in [1.54, 1.807) is 12.1 Å². The van der Waals surface area contributed by atoms with Gasteiger partial charge in [-0.25, -0.2) is 4.79 Å². The fraction of sp³-hybridized carbons (Fsp3) is 0.357. The number of rotatable bonds is 1. The van der Waals surface area contributed by atoms with E-state index in [0.29, 0.717) is 17.2 Å². The molecule has 2 fully saturated rings. The lowest BCUT2D eigenvalue weighted by molar-refractivity contribution is 0.0599. The van der Waals surface area contributed by atoms with Gasteiger partial charge in [0.25, 0.3) is 0 Å². The van der Waals surface area contributed by atoms with Gasteiger partial charge in [-0.3, -0.25) is 9.78 Å². The Bertz CT molecular complexity index is 665. The van der Waals surface area contributed by atoms with Gasteiger partial charge in [-0.05, 0) is 24.0 Å².